The van der Waals surface area contributed by atoms with Crippen LogP contribution in [0, 0.1) is 11.6 Å². The number of hydrogen-bond donors (Lipinski definition) is 2. The second-order valence-corrected chi connectivity index (χ2v) is 9.23. The topological polar surface area (TPSA) is 80.2 Å². The molecule has 3 aromatic rings. The van der Waals surface area contributed by atoms with Gasteiger partial charge in [-0.15, -0.1) is 0 Å². The van der Waals surface area contributed by atoms with Crippen LogP contribution in [0.4, 0.5) is 8.78 Å². The monoisotopic (exact) mass is 558 g/mol. The highest BCUT2D eigenvalue weighted by atomic mass is 79.9. The van der Waals surface area contributed by atoms with E-state index in [9.17, 15) is 13.6 Å². The number of benzene rings is 3. The molecule has 0 unspecified atom stereocenters. The number of carbonyl (C=O) groups is 1. The lowest BCUT2D eigenvalue weighted by Gasteiger charge is -2.24. The van der Waals surface area contributed by atoms with Gasteiger partial charge < -0.3 is 19.9 Å². The number of ether oxygens (including phenoxy) is 2. The third-order valence-corrected chi connectivity index (χ3v) is 6.53. The Morgan fingerprint density at radius 2 is 1.89 bits per heavy atom. The predicted octanol–water partition coefficient (Wildman–Crippen LogP) is 4.56. The maximum absolute atomic E-state index is 14.1. The average molecular weight is 559 g/mol. The smallest absolute Gasteiger partial charge is 0.252 e. The molecule has 1 aliphatic rings. The second-order valence-electron chi connectivity index (χ2n) is 8.37. The summed E-state index contributed by atoms with van der Waals surface area (Å²) in [5.74, 6) is -0.892. The van der Waals surface area contributed by atoms with Crippen LogP contribution in [0.25, 0.3) is 0 Å². The number of aliphatic hydroxyl groups is 1. The van der Waals surface area contributed by atoms with E-state index >= 15 is 0 Å². The van der Waals surface area contributed by atoms with E-state index < -0.39 is 23.1 Å². The normalized spacial score (nSPS) is 16.8. The van der Waals surface area contributed by atoms with Gasteiger partial charge in [0.25, 0.3) is 5.91 Å². The van der Waals surface area contributed by atoms with E-state index in [4.69, 9.17) is 19.6 Å². The molecule has 4 rings (SSSR count). The summed E-state index contributed by atoms with van der Waals surface area (Å²) in [5, 5.41) is 11.6. The van der Waals surface area contributed by atoms with Gasteiger partial charge in [-0.1, -0.05) is 40.2 Å². The molecule has 1 aliphatic heterocycles. The molecule has 9 heteroatoms. The van der Waals surface area contributed by atoms with Gasteiger partial charge in [-0.3, -0.25) is 4.79 Å². The Morgan fingerprint density at radius 3 is 2.61 bits per heavy atom. The summed E-state index contributed by atoms with van der Waals surface area (Å²) < 4.78 is 39.7. The number of halogens is 3. The third-order valence-electron chi connectivity index (χ3n) is 5.75. The number of nitrogens with zero attached hydrogens (tertiary/aromatic N) is 1. The van der Waals surface area contributed by atoms with E-state index in [0.717, 1.165) is 22.2 Å². The van der Waals surface area contributed by atoms with Gasteiger partial charge in [-0.05, 0) is 42.0 Å². The van der Waals surface area contributed by atoms with Gasteiger partial charge in [0, 0.05) is 47.7 Å². The predicted molar refractivity (Wildman–Crippen MR) is 135 cm³/mol. The van der Waals surface area contributed by atoms with Crippen molar-refractivity contribution >= 4 is 27.7 Å². The Balaban J connectivity index is 1.57. The molecule has 188 valence electrons. The fourth-order valence-electron chi connectivity index (χ4n) is 3.79. The second kappa shape index (κ2) is 11.6. The largest absolute Gasteiger partial charge is 0.494 e. The van der Waals surface area contributed by atoms with E-state index in [1.165, 1.54) is 6.07 Å². The van der Waals surface area contributed by atoms with E-state index in [2.05, 4.69) is 21.2 Å². The van der Waals surface area contributed by atoms with Crippen LogP contribution in [0.3, 0.4) is 0 Å². The van der Waals surface area contributed by atoms with Crippen molar-refractivity contribution in [1.82, 2.24) is 5.32 Å². The maximum atomic E-state index is 14.1. The Hall–Kier alpha value is -3.30. The Labute approximate surface area is 216 Å². The number of nitrogens with one attached hydrogen (secondary N) is 1. The summed E-state index contributed by atoms with van der Waals surface area (Å²) in [4.78, 5) is 18.2. The van der Waals surface area contributed by atoms with Crippen molar-refractivity contribution in [1.29, 1.82) is 0 Å². The maximum Gasteiger partial charge on any atom is 0.252 e. The molecule has 0 aliphatic carbocycles. The minimum Gasteiger partial charge on any atom is -0.494 e. The van der Waals surface area contributed by atoms with E-state index in [1.807, 2.05) is 24.3 Å². The van der Waals surface area contributed by atoms with Gasteiger partial charge in [0.05, 0.1) is 6.61 Å². The average Bonchev–Trinajstić information content (AvgIpc) is 3.31. The van der Waals surface area contributed by atoms with Crippen LogP contribution in [-0.2, 0) is 22.5 Å². The summed E-state index contributed by atoms with van der Waals surface area (Å²) in [5.41, 5.74) is 0.421. The van der Waals surface area contributed by atoms with Crippen LogP contribution in [0.2, 0.25) is 0 Å². The summed E-state index contributed by atoms with van der Waals surface area (Å²) >= 11 is 3.53. The minimum atomic E-state index is -1.29. The minimum absolute atomic E-state index is 0.00382. The molecule has 0 aromatic heterocycles. The van der Waals surface area contributed by atoms with Gasteiger partial charge in [0.15, 0.2) is 5.54 Å². The molecular weight excluding hydrogens is 534 g/mol. The van der Waals surface area contributed by atoms with Crippen LogP contribution in [0.5, 0.6) is 5.75 Å². The number of amides is 1. The zero-order chi connectivity index (χ0) is 25.5. The molecule has 0 fully saturated rings. The van der Waals surface area contributed by atoms with Crippen LogP contribution < -0.4 is 10.1 Å². The molecule has 2 N–H and O–H groups in total. The Kier molecular flexibility index (Phi) is 8.32. The highest BCUT2D eigenvalue weighted by molar-refractivity contribution is 9.10. The van der Waals surface area contributed by atoms with Crippen LogP contribution in [0.1, 0.15) is 23.1 Å². The van der Waals surface area contributed by atoms with Crippen molar-refractivity contribution in [2.24, 2.45) is 4.99 Å². The molecule has 3 aromatic carbocycles. The Morgan fingerprint density at radius 1 is 1.11 bits per heavy atom. The van der Waals surface area contributed by atoms with Crippen molar-refractivity contribution in [3.05, 3.63) is 99.5 Å². The third kappa shape index (κ3) is 6.09. The van der Waals surface area contributed by atoms with Gasteiger partial charge in [-0.2, -0.15) is 0 Å². The summed E-state index contributed by atoms with van der Waals surface area (Å²) in [6, 6.07) is 17.9. The van der Waals surface area contributed by atoms with Crippen molar-refractivity contribution in [3.8, 4) is 5.75 Å². The zero-order valence-electron chi connectivity index (χ0n) is 19.3. The summed E-state index contributed by atoms with van der Waals surface area (Å²) in [6.07, 6.45) is 0.782. The number of carbonyl (C=O) groups excluding carboxylic acids is 1. The molecule has 1 heterocycles. The first kappa shape index (κ1) is 25.8. The van der Waals surface area contributed by atoms with Crippen molar-refractivity contribution in [3.63, 3.8) is 0 Å². The van der Waals surface area contributed by atoms with E-state index in [-0.39, 0.29) is 31.7 Å². The van der Waals surface area contributed by atoms with Gasteiger partial charge >= 0.3 is 0 Å². The highest BCUT2D eigenvalue weighted by Crippen LogP contribution is 2.30. The molecule has 1 atom stereocenters. The molecule has 36 heavy (non-hydrogen) atoms. The number of aliphatic hydroxyl groups excluding tert-OH is 1. The van der Waals surface area contributed by atoms with Gasteiger partial charge in [-0.25, -0.2) is 13.8 Å². The lowest BCUT2D eigenvalue weighted by molar-refractivity contribution is -0.126. The quantitative estimate of drug-likeness (QED) is 0.357. The molecule has 1 amide bonds. The lowest BCUT2D eigenvalue weighted by atomic mass is 9.91. The molecular formula is C27H25BrF2N2O4. The first-order chi connectivity index (χ1) is 17.4. The molecule has 0 saturated carbocycles. The van der Waals surface area contributed by atoms with Crippen molar-refractivity contribution < 1.29 is 28.2 Å². The Bertz CT molecular complexity index is 1250. The number of aliphatic imine (C=N–C) groups is 1. The SMILES string of the molecule is O=C(NCc1ccc(F)cc1F)[C@@]1(Cc2ccccc2Br)COC(c2ccc(OCCCO)cc2)=N1. The standard InChI is InChI=1S/C27H25BrF2N2O4/c28-23-5-2-1-4-19(23)15-27(26(34)31-16-20-6-9-21(29)14-24(20)30)17-36-25(32-27)18-7-10-22(11-8-18)35-13-3-12-33/h1-2,4-11,14,33H,3,12-13,15-17H2,(H,31,34)/t27-/m1/s1. The fourth-order valence-corrected chi connectivity index (χ4v) is 4.22. The van der Waals surface area contributed by atoms with E-state index in [1.54, 1.807) is 24.3 Å². The lowest BCUT2D eigenvalue weighted by Crippen LogP contribution is -2.48. The van der Waals surface area contributed by atoms with Gasteiger partial charge in [0.1, 0.15) is 24.0 Å². The molecule has 0 saturated heterocycles. The molecule has 0 spiro atoms. The molecule has 0 bridgehead atoms. The van der Waals surface area contributed by atoms with Crippen LogP contribution in [-0.4, -0.2) is 42.3 Å². The fraction of sp³-hybridized carbons (Fsp3) is 0.259. The van der Waals surface area contributed by atoms with Gasteiger partial charge in [0.2, 0.25) is 5.90 Å². The molecule has 6 nitrogen and oxygen atoms in total. The zero-order valence-corrected chi connectivity index (χ0v) is 20.9. The highest BCUT2D eigenvalue weighted by Gasteiger charge is 2.44. The number of rotatable bonds is 10. The van der Waals surface area contributed by atoms with Crippen LogP contribution >= 0.6 is 15.9 Å². The van der Waals surface area contributed by atoms with E-state index in [0.29, 0.717) is 30.2 Å². The summed E-state index contributed by atoms with van der Waals surface area (Å²) in [6.45, 7) is 0.332. The molecule has 0 radical (unpaired) electrons. The number of hydrogen-bond acceptors (Lipinski definition) is 5. The van der Waals surface area contributed by atoms with Crippen LogP contribution in [0.15, 0.2) is 76.2 Å². The first-order valence-electron chi connectivity index (χ1n) is 11.4. The van der Waals surface area contributed by atoms with Crippen molar-refractivity contribution in [2.45, 2.75) is 24.9 Å². The summed E-state index contributed by atoms with van der Waals surface area (Å²) in [7, 11) is 0. The first-order valence-corrected chi connectivity index (χ1v) is 12.2. The van der Waals surface area contributed by atoms with Crippen molar-refractivity contribution in [2.75, 3.05) is 19.8 Å².